The number of aliphatic hydroxyl groups excluding tert-OH is 1. The van der Waals surface area contributed by atoms with Crippen molar-refractivity contribution in [2.75, 3.05) is 11.9 Å². The number of allylic oxidation sites excluding steroid dienone is 1. The summed E-state index contributed by atoms with van der Waals surface area (Å²) in [5.74, 6) is 3.38. The lowest BCUT2D eigenvalue weighted by Gasteiger charge is -2.17. The number of aromatic nitrogens is 3. The summed E-state index contributed by atoms with van der Waals surface area (Å²) in [6.45, 7) is 9.58. The lowest BCUT2D eigenvalue weighted by atomic mass is 9.97. The second-order valence-electron chi connectivity index (χ2n) is 7.26. The predicted octanol–water partition coefficient (Wildman–Crippen LogP) is 3.46. The zero-order valence-electron chi connectivity index (χ0n) is 14.8. The van der Waals surface area contributed by atoms with Crippen molar-refractivity contribution >= 4 is 11.5 Å². The highest BCUT2D eigenvalue weighted by molar-refractivity contribution is 5.61. The second-order valence-corrected chi connectivity index (χ2v) is 7.26. The van der Waals surface area contributed by atoms with Crippen molar-refractivity contribution < 1.29 is 5.11 Å². The van der Waals surface area contributed by atoms with E-state index in [0.717, 1.165) is 55.9 Å². The molecule has 0 fully saturated rings. The number of hydrogen-bond acceptors (Lipinski definition) is 5. The number of rotatable bonds is 7. The van der Waals surface area contributed by atoms with Crippen LogP contribution >= 0.6 is 0 Å². The largest absolute Gasteiger partial charge is 0.389 e. The summed E-state index contributed by atoms with van der Waals surface area (Å²) in [5, 5.41) is 13.2. The maximum absolute atomic E-state index is 9.87. The maximum atomic E-state index is 9.87. The van der Waals surface area contributed by atoms with Gasteiger partial charge in [0.05, 0.1) is 6.10 Å². The third-order valence-corrected chi connectivity index (χ3v) is 3.92. The van der Waals surface area contributed by atoms with Gasteiger partial charge in [-0.25, -0.2) is 4.98 Å². The Hall–Kier alpha value is -1.49. The molecule has 0 saturated heterocycles. The standard InChI is InChI=1S/C18H30N4O/c1-12(2)8-9-16-20-17(14-6-5-7-15(23)10-14)22-18(21-16)19-11-13(3)4/h10,12-13,15,23H,5-9,11H2,1-4H3,(H,19,20,21,22). The van der Waals surface area contributed by atoms with Gasteiger partial charge < -0.3 is 10.4 Å². The Morgan fingerprint density at radius 1 is 1.17 bits per heavy atom. The fourth-order valence-electron chi connectivity index (χ4n) is 2.55. The molecule has 5 heteroatoms. The van der Waals surface area contributed by atoms with E-state index in [1.165, 1.54) is 0 Å². The third-order valence-electron chi connectivity index (χ3n) is 3.92. The van der Waals surface area contributed by atoms with Crippen molar-refractivity contribution in [1.82, 2.24) is 15.0 Å². The van der Waals surface area contributed by atoms with Crippen molar-refractivity contribution in [3.63, 3.8) is 0 Å². The predicted molar refractivity (Wildman–Crippen MR) is 94.1 cm³/mol. The number of aryl methyl sites for hydroxylation is 1. The van der Waals surface area contributed by atoms with E-state index in [-0.39, 0.29) is 6.10 Å². The van der Waals surface area contributed by atoms with E-state index < -0.39 is 0 Å². The highest BCUT2D eigenvalue weighted by Gasteiger charge is 2.16. The van der Waals surface area contributed by atoms with Crippen LogP contribution in [-0.2, 0) is 6.42 Å². The summed E-state index contributed by atoms with van der Waals surface area (Å²) >= 11 is 0. The molecule has 2 rings (SSSR count). The molecule has 128 valence electrons. The van der Waals surface area contributed by atoms with E-state index in [4.69, 9.17) is 0 Å². The Morgan fingerprint density at radius 3 is 2.61 bits per heavy atom. The van der Waals surface area contributed by atoms with Crippen molar-refractivity contribution in [3.8, 4) is 0 Å². The molecule has 1 aromatic rings. The second kappa shape index (κ2) is 8.39. The van der Waals surface area contributed by atoms with Crippen LogP contribution in [0.2, 0.25) is 0 Å². The molecule has 1 heterocycles. The van der Waals surface area contributed by atoms with Crippen LogP contribution in [0.5, 0.6) is 0 Å². The van der Waals surface area contributed by atoms with Crippen molar-refractivity contribution in [1.29, 1.82) is 0 Å². The molecule has 1 unspecified atom stereocenters. The van der Waals surface area contributed by atoms with E-state index in [9.17, 15) is 5.11 Å². The summed E-state index contributed by atoms with van der Waals surface area (Å²) in [5.41, 5.74) is 1.05. The molecule has 0 spiro atoms. The molecule has 1 atom stereocenters. The van der Waals surface area contributed by atoms with Gasteiger partial charge in [-0.3, -0.25) is 0 Å². The topological polar surface area (TPSA) is 70.9 Å². The fourth-order valence-corrected chi connectivity index (χ4v) is 2.55. The molecule has 1 aliphatic carbocycles. The fraction of sp³-hybridized carbons (Fsp3) is 0.722. The molecule has 5 nitrogen and oxygen atoms in total. The number of nitrogens with one attached hydrogen (secondary N) is 1. The minimum atomic E-state index is -0.373. The molecule has 2 N–H and O–H groups in total. The Morgan fingerprint density at radius 2 is 1.96 bits per heavy atom. The highest BCUT2D eigenvalue weighted by Crippen LogP contribution is 2.25. The summed E-state index contributed by atoms with van der Waals surface area (Å²) < 4.78 is 0. The first-order valence-electron chi connectivity index (χ1n) is 8.82. The van der Waals surface area contributed by atoms with Gasteiger partial charge in [-0.15, -0.1) is 0 Å². The van der Waals surface area contributed by atoms with Gasteiger partial charge in [0.25, 0.3) is 0 Å². The van der Waals surface area contributed by atoms with Crippen LogP contribution in [0.4, 0.5) is 5.95 Å². The molecule has 0 saturated carbocycles. The number of aliphatic hydroxyl groups is 1. The minimum Gasteiger partial charge on any atom is -0.389 e. The average Bonchev–Trinajstić information content (AvgIpc) is 2.51. The normalized spacial score (nSPS) is 18.4. The van der Waals surface area contributed by atoms with E-state index >= 15 is 0 Å². The summed E-state index contributed by atoms with van der Waals surface area (Å²) in [6, 6.07) is 0. The smallest absolute Gasteiger partial charge is 0.226 e. The Balaban J connectivity index is 2.24. The summed E-state index contributed by atoms with van der Waals surface area (Å²) in [6.07, 6.45) is 6.18. The summed E-state index contributed by atoms with van der Waals surface area (Å²) in [4.78, 5) is 13.8. The van der Waals surface area contributed by atoms with Crippen molar-refractivity contribution in [2.45, 2.75) is 65.9 Å². The molecule has 0 radical (unpaired) electrons. The first-order valence-corrected chi connectivity index (χ1v) is 8.82. The molecular formula is C18H30N4O. The highest BCUT2D eigenvalue weighted by atomic mass is 16.3. The number of hydrogen-bond donors (Lipinski definition) is 2. The maximum Gasteiger partial charge on any atom is 0.226 e. The summed E-state index contributed by atoms with van der Waals surface area (Å²) in [7, 11) is 0. The Kier molecular flexibility index (Phi) is 6.51. The molecule has 0 amide bonds. The first kappa shape index (κ1) is 17.9. The van der Waals surface area contributed by atoms with E-state index in [2.05, 4.69) is 48.0 Å². The Labute approximate surface area is 139 Å². The van der Waals surface area contributed by atoms with Crippen LogP contribution in [-0.4, -0.2) is 32.7 Å². The molecule has 0 aromatic carbocycles. The molecule has 0 aliphatic heterocycles. The van der Waals surface area contributed by atoms with Crippen molar-refractivity contribution in [3.05, 3.63) is 17.7 Å². The zero-order chi connectivity index (χ0) is 16.8. The van der Waals surface area contributed by atoms with Gasteiger partial charge in [0, 0.05) is 13.0 Å². The molecule has 1 aromatic heterocycles. The van der Waals surface area contributed by atoms with Gasteiger partial charge in [0.1, 0.15) is 5.82 Å². The molecule has 23 heavy (non-hydrogen) atoms. The van der Waals surface area contributed by atoms with Crippen LogP contribution < -0.4 is 5.32 Å². The van der Waals surface area contributed by atoms with Crippen LogP contribution in [0.3, 0.4) is 0 Å². The van der Waals surface area contributed by atoms with Gasteiger partial charge >= 0.3 is 0 Å². The third kappa shape index (κ3) is 5.90. The van der Waals surface area contributed by atoms with Gasteiger partial charge in [0.2, 0.25) is 5.95 Å². The molecule has 0 bridgehead atoms. The lowest BCUT2D eigenvalue weighted by Crippen LogP contribution is -2.16. The zero-order valence-corrected chi connectivity index (χ0v) is 14.8. The first-order chi connectivity index (χ1) is 10.9. The molecule has 1 aliphatic rings. The SMILES string of the molecule is CC(C)CCc1nc(NCC(C)C)nc(C2=CC(O)CCC2)n1. The van der Waals surface area contributed by atoms with Crippen LogP contribution in [0.25, 0.3) is 5.57 Å². The van der Waals surface area contributed by atoms with Crippen LogP contribution in [0.15, 0.2) is 6.08 Å². The van der Waals surface area contributed by atoms with E-state index in [1.54, 1.807) is 0 Å². The number of nitrogens with zero attached hydrogens (tertiary/aromatic N) is 3. The van der Waals surface area contributed by atoms with Gasteiger partial charge in [-0.1, -0.05) is 27.7 Å². The van der Waals surface area contributed by atoms with Gasteiger partial charge in [-0.05, 0) is 49.2 Å². The lowest BCUT2D eigenvalue weighted by molar-refractivity contribution is 0.206. The van der Waals surface area contributed by atoms with E-state index in [0.29, 0.717) is 17.8 Å². The minimum absolute atomic E-state index is 0.373. The van der Waals surface area contributed by atoms with Crippen molar-refractivity contribution in [2.24, 2.45) is 11.8 Å². The van der Waals surface area contributed by atoms with E-state index in [1.807, 2.05) is 6.08 Å². The average molecular weight is 318 g/mol. The van der Waals surface area contributed by atoms with Gasteiger partial charge in [-0.2, -0.15) is 9.97 Å². The molecular weight excluding hydrogens is 288 g/mol. The van der Waals surface area contributed by atoms with Gasteiger partial charge in [0.15, 0.2) is 5.82 Å². The monoisotopic (exact) mass is 318 g/mol. The Bertz CT molecular complexity index is 510. The quantitative estimate of drug-likeness (QED) is 0.805. The number of anilines is 1. The van der Waals surface area contributed by atoms with Crippen LogP contribution in [0.1, 0.15) is 65.0 Å². The van der Waals surface area contributed by atoms with Crippen LogP contribution in [0, 0.1) is 11.8 Å².